The van der Waals surface area contributed by atoms with Crippen molar-refractivity contribution in [3.63, 3.8) is 0 Å². The second-order valence-corrected chi connectivity index (χ2v) is 8.77. The molecule has 178 valence electrons. The first-order chi connectivity index (χ1) is 16.6. The summed E-state index contributed by atoms with van der Waals surface area (Å²) in [5.74, 6) is 1.50. The van der Waals surface area contributed by atoms with E-state index in [1.165, 1.54) is 23.9 Å². The predicted octanol–water partition coefficient (Wildman–Crippen LogP) is 4.06. The zero-order chi connectivity index (χ0) is 23.8. The van der Waals surface area contributed by atoms with Crippen molar-refractivity contribution in [2.45, 2.75) is 30.5 Å². The molecule has 0 spiro atoms. The van der Waals surface area contributed by atoms with Gasteiger partial charge in [-0.2, -0.15) is 0 Å². The van der Waals surface area contributed by atoms with E-state index in [2.05, 4.69) is 15.5 Å². The number of carbonyl (C=O) groups is 1. The molecule has 4 rings (SSSR count). The van der Waals surface area contributed by atoms with E-state index < -0.39 is 0 Å². The van der Waals surface area contributed by atoms with Crippen molar-refractivity contribution in [3.8, 4) is 11.4 Å². The Labute approximate surface area is 202 Å². The highest BCUT2D eigenvalue weighted by Crippen LogP contribution is 2.27. The SMILES string of the molecule is COc1ccc(C=CC(=O)NCCc2nnc(SCC3CCCO3)n2-c2ccccc2F)cc1. The van der Waals surface area contributed by atoms with Gasteiger partial charge in [-0.1, -0.05) is 36.0 Å². The Morgan fingerprint density at radius 1 is 1.26 bits per heavy atom. The van der Waals surface area contributed by atoms with Crippen molar-refractivity contribution >= 4 is 23.7 Å². The molecule has 0 radical (unpaired) electrons. The normalized spacial score (nSPS) is 15.6. The number of hydrogen-bond acceptors (Lipinski definition) is 6. The lowest BCUT2D eigenvalue weighted by Gasteiger charge is -2.13. The third-order valence-corrected chi connectivity index (χ3v) is 6.47. The summed E-state index contributed by atoms with van der Waals surface area (Å²) in [7, 11) is 1.61. The molecule has 2 heterocycles. The maximum Gasteiger partial charge on any atom is 0.244 e. The van der Waals surface area contributed by atoms with Crippen molar-refractivity contribution in [3.05, 3.63) is 71.8 Å². The van der Waals surface area contributed by atoms with Gasteiger partial charge in [-0.05, 0) is 48.7 Å². The maximum absolute atomic E-state index is 14.6. The second kappa shape index (κ2) is 11.8. The van der Waals surface area contributed by atoms with E-state index in [9.17, 15) is 9.18 Å². The van der Waals surface area contributed by atoms with E-state index in [1.807, 2.05) is 24.3 Å². The van der Waals surface area contributed by atoms with Gasteiger partial charge in [-0.3, -0.25) is 9.36 Å². The van der Waals surface area contributed by atoms with Crippen LogP contribution in [0.5, 0.6) is 5.75 Å². The summed E-state index contributed by atoms with van der Waals surface area (Å²) in [6.45, 7) is 1.12. The summed E-state index contributed by atoms with van der Waals surface area (Å²) >= 11 is 1.51. The smallest absolute Gasteiger partial charge is 0.244 e. The van der Waals surface area contributed by atoms with E-state index in [4.69, 9.17) is 9.47 Å². The Balaban J connectivity index is 1.40. The average molecular weight is 483 g/mol. The average Bonchev–Trinajstić information content (AvgIpc) is 3.52. The first-order valence-corrected chi connectivity index (χ1v) is 12.2. The standard InChI is InChI=1S/C25H27FN4O3S/c1-32-19-11-8-18(9-12-19)10-13-24(31)27-15-14-23-28-29-25(34-17-20-5-4-16-33-20)30(23)22-7-3-2-6-21(22)26/h2-3,6-13,20H,4-5,14-17H2,1H3,(H,27,31). The summed E-state index contributed by atoms with van der Waals surface area (Å²) < 4.78 is 27.2. The molecule has 1 N–H and O–H groups in total. The Kier molecular flexibility index (Phi) is 8.32. The number of carbonyl (C=O) groups excluding carboxylic acids is 1. The molecule has 0 bridgehead atoms. The van der Waals surface area contributed by atoms with E-state index in [1.54, 1.807) is 36.0 Å². The van der Waals surface area contributed by atoms with Crippen molar-refractivity contribution < 1.29 is 18.7 Å². The maximum atomic E-state index is 14.6. The van der Waals surface area contributed by atoms with Crippen LogP contribution in [-0.2, 0) is 16.0 Å². The van der Waals surface area contributed by atoms with Crippen LogP contribution in [0.15, 0.2) is 59.8 Å². The van der Waals surface area contributed by atoms with Crippen LogP contribution in [-0.4, -0.2) is 52.8 Å². The molecule has 9 heteroatoms. The van der Waals surface area contributed by atoms with Crippen LogP contribution >= 0.6 is 11.8 Å². The van der Waals surface area contributed by atoms with Gasteiger partial charge in [0.25, 0.3) is 0 Å². The molecule has 1 fully saturated rings. The molecule has 1 aromatic heterocycles. The van der Waals surface area contributed by atoms with Crippen LogP contribution in [0.2, 0.25) is 0 Å². The third-order valence-electron chi connectivity index (χ3n) is 5.41. The monoisotopic (exact) mass is 482 g/mol. The summed E-state index contributed by atoms with van der Waals surface area (Å²) in [5.41, 5.74) is 1.28. The highest BCUT2D eigenvalue weighted by molar-refractivity contribution is 7.99. The van der Waals surface area contributed by atoms with Gasteiger partial charge in [-0.15, -0.1) is 10.2 Å². The first kappa shape index (κ1) is 24.0. The van der Waals surface area contributed by atoms with E-state index >= 15 is 0 Å². The molecule has 7 nitrogen and oxygen atoms in total. The largest absolute Gasteiger partial charge is 0.497 e. The van der Waals surface area contributed by atoms with Crippen LogP contribution < -0.4 is 10.1 Å². The number of hydrogen-bond donors (Lipinski definition) is 1. The Morgan fingerprint density at radius 2 is 2.09 bits per heavy atom. The van der Waals surface area contributed by atoms with Gasteiger partial charge in [0.2, 0.25) is 5.91 Å². The van der Waals surface area contributed by atoms with Crippen molar-refractivity contribution in [2.75, 3.05) is 26.0 Å². The number of nitrogens with one attached hydrogen (secondary N) is 1. The molecular formula is C25H27FN4O3S. The number of benzene rings is 2. The zero-order valence-corrected chi connectivity index (χ0v) is 19.8. The Hall–Kier alpha value is -3.17. The lowest BCUT2D eigenvalue weighted by atomic mass is 10.2. The summed E-state index contributed by atoms with van der Waals surface area (Å²) in [5, 5.41) is 12.1. The number of methoxy groups -OCH3 is 1. The van der Waals surface area contributed by atoms with Gasteiger partial charge >= 0.3 is 0 Å². The van der Waals surface area contributed by atoms with Crippen molar-refractivity contribution in [1.82, 2.24) is 20.1 Å². The highest BCUT2D eigenvalue weighted by Gasteiger charge is 2.21. The van der Waals surface area contributed by atoms with Crippen LogP contribution in [0, 0.1) is 5.82 Å². The molecule has 0 aliphatic carbocycles. The molecule has 1 saturated heterocycles. The minimum Gasteiger partial charge on any atom is -0.497 e. The molecule has 2 aromatic carbocycles. The zero-order valence-electron chi connectivity index (χ0n) is 18.9. The Morgan fingerprint density at radius 3 is 2.82 bits per heavy atom. The predicted molar refractivity (Wildman–Crippen MR) is 130 cm³/mol. The van der Waals surface area contributed by atoms with Gasteiger partial charge in [0, 0.05) is 31.4 Å². The number of rotatable bonds is 10. The molecule has 1 aliphatic heterocycles. The number of ether oxygens (including phenoxy) is 2. The van der Waals surface area contributed by atoms with Gasteiger partial charge in [0.1, 0.15) is 17.4 Å². The fraction of sp³-hybridized carbons (Fsp3) is 0.320. The molecule has 34 heavy (non-hydrogen) atoms. The van der Waals surface area contributed by atoms with Crippen molar-refractivity contribution in [2.24, 2.45) is 0 Å². The fourth-order valence-electron chi connectivity index (χ4n) is 3.62. The van der Waals surface area contributed by atoms with Crippen molar-refractivity contribution in [1.29, 1.82) is 0 Å². The highest BCUT2D eigenvalue weighted by atomic mass is 32.2. The number of aromatic nitrogens is 3. The van der Waals surface area contributed by atoms with Crippen LogP contribution in [0.3, 0.4) is 0 Å². The van der Waals surface area contributed by atoms with Crippen LogP contribution in [0.25, 0.3) is 11.8 Å². The minimum absolute atomic E-state index is 0.177. The molecule has 1 aliphatic rings. The fourth-order valence-corrected chi connectivity index (χ4v) is 4.65. The van der Waals surface area contributed by atoms with E-state index in [0.717, 1.165) is 36.5 Å². The number of nitrogens with zero attached hydrogens (tertiary/aromatic N) is 3. The molecular weight excluding hydrogens is 455 g/mol. The van der Waals surface area contributed by atoms with E-state index in [0.29, 0.717) is 29.6 Å². The summed E-state index contributed by atoms with van der Waals surface area (Å²) in [6.07, 6.45) is 5.87. The minimum atomic E-state index is -0.353. The number of amides is 1. The second-order valence-electron chi connectivity index (χ2n) is 7.78. The molecule has 1 atom stereocenters. The summed E-state index contributed by atoms with van der Waals surface area (Å²) in [4.78, 5) is 12.2. The van der Waals surface area contributed by atoms with Crippen LogP contribution in [0.4, 0.5) is 4.39 Å². The lowest BCUT2D eigenvalue weighted by Crippen LogP contribution is -2.24. The third kappa shape index (κ3) is 6.24. The topological polar surface area (TPSA) is 78.3 Å². The molecule has 0 saturated carbocycles. The molecule has 1 amide bonds. The summed E-state index contributed by atoms with van der Waals surface area (Å²) in [6, 6.07) is 14.0. The van der Waals surface area contributed by atoms with E-state index in [-0.39, 0.29) is 17.8 Å². The number of thioether (sulfide) groups is 1. The van der Waals surface area contributed by atoms with Gasteiger partial charge < -0.3 is 14.8 Å². The first-order valence-electron chi connectivity index (χ1n) is 11.2. The molecule has 3 aromatic rings. The van der Waals surface area contributed by atoms with Gasteiger partial charge in [-0.25, -0.2) is 4.39 Å². The van der Waals surface area contributed by atoms with Crippen LogP contribution in [0.1, 0.15) is 24.2 Å². The quantitative estimate of drug-likeness (QED) is 0.347. The van der Waals surface area contributed by atoms with Gasteiger partial charge in [0.15, 0.2) is 5.16 Å². The number of para-hydroxylation sites is 1. The number of halogens is 1. The lowest BCUT2D eigenvalue weighted by molar-refractivity contribution is -0.116. The van der Waals surface area contributed by atoms with Gasteiger partial charge in [0.05, 0.1) is 18.9 Å². The molecule has 1 unspecified atom stereocenters. The Bertz CT molecular complexity index is 1130.